The van der Waals surface area contributed by atoms with Crippen LogP contribution in [0.25, 0.3) is 0 Å². The molecule has 0 radical (unpaired) electrons. The maximum atomic E-state index is 5.42. The van der Waals surface area contributed by atoms with Gasteiger partial charge in [-0.1, -0.05) is 0 Å². The number of hydrogen-bond acceptors (Lipinski definition) is 1. The molecule has 0 aromatic rings. The second-order valence-corrected chi connectivity index (χ2v) is 1.79. The van der Waals surface area contributed by atoms with Crippen LogP contribution in [-0.2, 0) is 0 Å². The number of nitrogens with zero attached hydrogens (tertiary/aromatic N) is 1. The summed E-state index contributed by atoms with van der Waals surface area (Å²) in [6.45, 7) is 4.50. The van der Waals surface area contributed by atoms with Crippen LogP contribution in [0.4, 0.5) is 0 Å². The third-order valence-corrected chi connectivity index (χ3v) is 1.04. The van der Waals surface area contributed by atoms with Crippen molar-refractivity contribution in [1.82, 2.24) is 0 Å². The van der Waals surface area contributed by atoms with E-state index in [0.29, 0.717) is 0 Å². The molecule has 0 aliphatic carbocycles. The number of hydrogen-bond donors (Lipinski definition) is 1. The van der Waals surface area contributed by atoms with Crippen LogP contribution in [0.1, 0.15) is 0 Å². The average Bonchev–Trinajstić information content (AvgIpc) is 1.77. The molecule has 2 nitrogen and oxygen atoms in total. The molecule has 9 heavy (non-hydrogen) atoms. The molecule has 0 aromatic carbocycles. The van der Waals surface area contributed by atoms with Gasteiger partial charge in [0, 0.05) is 17.8 Å². The Morgan fingerprint density at radius 1 is 1.67 bits per heavy atom. The Balaban J connectivity index is 0.000000640. The molecule has 0 amide bonds. The normalized spacial score (nSPS) is 16.4. The number of nitrogens with two attached hydrogens (primary N) is 1. The molecule has 0 saturated carbocycles. The first-order valence-corrected chi connectivity index (χ1v) is 2.50. The van der Waals surface area contributed by atoms with Crippen molar-refractivity contribution in [2.45, 2.75) is 0 Å². The Kier molecular flexibility index (Phi) is 3.02. The predicted octanol–water partition coefficient (Wildman–Crippen LogP) is -2.93. The largest absolute Gasteiger partial charge is 1.00 e. The van der Waals surface area contributed by atoms with Crippen molar-refractivity contribution in [1.29, 1.82) is 0 Å². The van der Waals surface area contributed by atoms with E-state index in [-0.39, 0.29) is 12.4 Å². The Labute approximate surface area is 60.8 Å². The van der Waals surface area contributed by atoms with Gasteiger partial charge in [-0.05, 0) is 0 Å². The summed E-state index contributed by atoms with van der Waals surface area (Å²) in [7, 11) is 0. The van der Waals surface area contributed by atoms with E-state index in [1.54, 1.807) is 0 Å². The summed E-state index contributed by atoms with van der Waals surface area (Å²) in [6.07, 6.45) is 5.61. The van der Waals surface area contributed by atoms with Crippen molar-refractivity contribution in [3.8, 4) is 0 Å². The summed E-state index contributed by atoms with van der Waals surface area (Å²) >= 11 is 0. The van der Waals surface area contributed by atoms with E-state index in [1.807, 2.05) is 22.9 Å². The van der Waals surface area contributed by atoms with E-state index in [1.165, 1.54) is 0 Å². The zero-order valence-corrected chi connectivity index (χ0v) is 5.80. The minimum absolute atomic E-state index is 0. The lowest BCUT2D eigenvalue weighted by atomic mass is 10.3. The standard InChI is InChI=1S/C6H9N2.ClH/c1-8-4-2-6(7)3-5-8;/h2-4H,1,5,7H2;1H/q+1;/p-1. The molecule has 50 valence electrons. The van der Waals surface area contributed by atoms with Gasteiger partial charge in [0.2, 0.25) is 0 Å². The van der Waals surface area contributed by atoms with E-state index in [9.17, 15) is 0 Å². The van der Waals surface area contributed by atoms with Gasteiger partial charge >= 0.3 is 0 Å². The lowest BCUT2D eigenvalue weighted by Gasteiger charge is -1.96. The lowest BCUT2D eigenvalue weighted by Crippen LogP contribution is -3.00. The second kappa shape index (κ2) is 3.30. The molecule has 2 N–H and O–H groups in total. The van der Waals surface area contributed by atoms with Crippen LogP contribution in [-0.4, -0.2) is 17.8 Å². The Morgan fingerprint density at radius 2 is 2.33 bits per heavy atom. The molecule has 0 spiro atoms. The van der Waals surface area contributed by atoms with Crippen molar-refractivity contribution in [2.75, 3.05) is 6.54 Å². The summed E-state index contributed by atoms with van der Waals surface area (Å²) < 4.78 is 1.82. The molecule has 1 rings (SSSR count). The molecule has 0 bridgehead atoms. The van der Waals surface area contributed by atoms with Gasteiger partial charge in [-0.3, -0.25) is 0 Å². The summed E-state index contributed by atoms with van der Waals surface area (Å²) in [4.78, 5) is 0. The van der Waals surface area contributed by atoms with Crippen LogP contribution in [0.15, 0.2) is 24.0 Å². The molecule has 1 aliphatic rings. The van der Waals surface area contributed by atoms with Gasteiger partial charge in [-0.15, -0.1) is 0 Å². The topological polar surface area (TPSA) is 29.0 Å². The van der Waals surface area contributed by atoms with Crippen LogP contribution in [0.5, 0.6) is 0 Å². The lowest BCUT2D eigenvalue weighted by molar-refractivity contribution is -0.437. The van der Waals surface area contributed by atoms with E-state index in [4.69, 9.17) is 5.73 Å². The van der Waals surface area contributed by atoms with Crippen LogP contribution in [0, 0.1) is 0 Å². The maximum absolute atomic E-state index is 5.42. The fraction of sp³-hybridized carbons (Fsp3) is 0.167. The first kappa shape index (κ1) is 8.24. The maximum Gasteiger partial charge on any atom is 0.170 e. The third-order valence-electron chi connectivity index (χ3n) is 1.04. The van der Waals surface area contributed by atoms with Gasteiger partial charge in [-0.2, -0.15) is 0 Å². The highest BCUT2D eigenvalue weighted by Gasteiger charge is 1.97. The van der Waals surface area contributed by atoms with Crippen molar-refractivity contribution in [2.24, 2.45) is 5.73 Å². The minimum Gasteiger partial charge on any atom is -1.00 e. The number of allylic oxidation sites excluding steroid dienone is 1. The highest BCUT2D eigenvalue weighted by molar-refractivity contribution is 5.21. The van der Waals surface area contributed by atoms with Crippen LogP contribution in [0.2, 0.25) is 0 Å². The molecular formula is C6H9ClN2. The van der Waals surface area contributed by atoms with Gasteiger partial charge in [-0.25, -0.2) is 4.58 Å². The molecule has 1 aliphatic heterocycles. The van der Waals surface area contributed by atoms with Gasteiger partial charge in [0.25, 0.3) is 0 Å². The fourth-order valence-electron chi connectivity index (χ4n) is 0.543. The monoisotopic (exact) mass is 144 g/mol. The van der Waals surface area contributed by atoms with E-state index < -0.39 is 0 Å². The summed E-state index contributed by atoms with van der Waals surface area (Å²) in [6, 6.07) is 0. The number of halogens is 1. The SMILES string of the molecule is C=[N+]1C=CC(N)=CC1.[Cl-]. The summed E-state index contributed by atoms with van der Waals surface area (Å²) in [5.41, 5.74) is 6.24. The first-order valence-electron chi connectivity index (χ1n) is 2.50. The second-order valence-electron chi connectivity index (χ2n) is 1.79. The molecule has 0 saturated heterocycles. The zero-order valence-electron chi connectivity index (χ0n) is 5.05. The highest BCUT2D eigenvalue weighted by Crippen LogP contribution is 1.93. The molecule has 0 fully saturated rings. The molecular weight excluding hydrogens is 136 g/mol. The molecule has 0 atom stereocenters. The molecule has 0 aromatic heterocycles. The van der Waals surface area contributed by atoms with Gasteiger partial charge < -0.3 is 18.1 Å². The molecule has 1 heterocycles. The smallest absolute Gasteiger partial charge is 0.170 e. The average molecular weight is 145 g/mol. The van der Waals surface area contributed by atoms with Crippen molar-refractivity contribution in [3.63, 3.8) is 0 Å². The van der Waals surface area contributed by atoms with Crippen LogP contribution < -0.4 is 18.1 Å². The predicted molar refractivity (Wildman–Crippen MR) is 33.7 cm³/mol. The quantitative estimate of drug-likeness (QED) is 0.363. The van der Waals surface area contributed by atoms with Crippen LogP contribution >= 0.6 is 0 Å². The first-order chi connectivity index (χ1) is 3.79. The molecule has 3 heteroatoms. The Morgan fingerprint density at radius 3 is 2.67 bits per heavy atom. The Hall–Kier alpha value is -0.760. The van der Waals surface area contributed by atoms with Gasteiger partial charge in [0.1, 0.15) is 6.72 Å². The summed E-state index contributed by atoms with van der Waals surface area (Å²) in [5.74, 6) is 0. The van der Waals surface area contributed by atoms with Gasteiger partial charge in [0.05, 0.1) is 0 Å². The van der Waals surface area contributed by atoms with Gasteiger partial charge in [0.15, 0.2) is 12.7 Å². The number of rotatable bonds is 0. The van der Waals surface area contributed by atoms with Crippen molar-refractivity contribution in [3.05, 3.63) is 24.0 Å². The zero-order chi connectivity index (χ0) is 5.98. The van der Waals surface area contributed by atoms with E-state index in [0.717, 1.165) is 12.2 Å². The minimum atomic E-state index is 0. The summed E-state index contributed by atoms with van der Waals surface area (Å²) in [5, 5.41) is 0. The molecule has 0 unspecified atom stereocenters. The highest BCUT2D eigenvalue weighted by atomic mass is 35.5. The van der Waals surface area contributed by atoms with Crippen molar-refractivity contribution >= 4 is 6.72 Å². The third kappa shape index (κ3) is 2.33. The fourth-order valence-corrected chi connectivity index (χ4v) is 0.543. The van der Waals surface area contributed by atoms with E-state index in [2.05, 4.69) is 6.72 Å². The van der Waals surface area contributed by atoms with Crippen LogP contribution in [0.3, 0.4) is 0 Å². The van der Waals surface area contributed by atoms with E-state index >= 15 is 0 Å². The van der Waals surface area contributed by atoms with Crippen molar-refractivity contribution < 1.29 is 17.0 Å². The Bertz CT molecular complexity index is 167.